The van der Waals surface area contributed by atoms with E-state index in [0.717, 1.165) is 0 Å². The molecule has 0 nitrogen and oxygen atoms in total. The average Bonchev–Trinajstić information content (AvgIpc) is 2.44. The van der Waals surface area contributed by atoms with Crippen LogP contribution in [0, 0.1) is 0 Å². The van der Waals surface area contributed by atoms with Crippen molar-refractivity contribution in [2.75, 3.05) is 0 Å². The minimum Gasteiger partial charge on any atom is -0.0920 e. The number of rotatable bonds is 6. The monoisotopic (exact) mass is 374 g/mol. The highest BCUT2D eigenvalue weighted by Gasteiger charge is 2.31. The van der Waals surface area contributed by atoms with E-state index in [-0.39, 0.29) is 0 Å². The molecule has 0 unspecified atom stereocenters. The summed E-state index contributed by atoms with van der Waals surface area (Å²) in [6, 6.07) is 5.96. The van der Waals surface area contributed by atoms with Crippen molar-refractivity contribution in [2.45, 2.75) is 78.0 Å². The quantitative estimate of drug-likeness (QED) is 0.601. The third-order valence-electron chi connectivity index (χ3n) is 4.71. The van der Waals surface area contributed by atoms with Crippen molar-refractivity contribution in [2.24, 2.45) is 0 Å². The smallest absolute Gasteiger partial charge is 0.0118 e. The predicted molar refractivity (Wildman–Crippen MR) is 115 cm³/mol. The Labute approximate surface area is 148 Å². The highest BCUT2D eigenvalue weighted by atomic mass is 32.4. The fourth-order valence-electron chi connectivity index (χ4n) is 3.31. The summed E-state index contributed by atoms with van der Waals surface area (Å²) >= 11 is 12.4. The van der Waals surface area contributed by atoms with E-state index in [4.69, 9.17) is 23.6 Å². The van der Waals surface area contributed by atoms with Gasteiger partial charge in [0.1, 0.15) is 0 Å². The Hall–Kier alpha value is 0.520. The summed E-state index contributed by atoms with van der Waals surface area (Å²) in [5, 5.41) is 2.78. The van der Waals surface area contributed by atoms with E-state index in [9.17, 15) is 0 Å². The Morgan fingerprint density at radius 3 is 1.14 bits per heavy atom. The lowest BCUT2D eigenvalue weighted by molar-refractivity contribution is 1.02. The van der Waals surface area contributed by atoms with Crippen LogP contribution in [0.2, 0.25) is 0 Å². The van der Waals surface area contributed by atoms with Gasteiger partial charge in [0, 0.05) is 0 Å². The summed E-state index contributed by atoms with van der Waals surface area (Å²) in [7, 11) is 0. The fourth-order valence-corrected chi connectivity index (χ4v) is 10.2. The van der Waals surface area contributed by atoms with Crippen LogP contribution in [0.25, 0.3) is 0 Å². The van der Waals surface area contributed by atoms with Crippen LogP contribution in [0.5, 0.6) is 0 Å². The first-order valence-corrected chi connectivity index (χ1v) is 14.2. The molecule has 0 amide bonds. The molecule has 1 rings (SSSR count). The predicted octanol–water partition coefficient (Wildman–Crippen LogP) is 5.53. The SMILES string of the molecule is CC(C)P(=S)(c1cccc(P(=S)(C(C)C)C(C)C)c1)C(C)C. The van der Waals surface area contributed by atoms with Gasteiger partial charge in [-0.25, -0.2) is 0 Å². The molecule has 22 heavy (non-hydrogen) atoms. The van der Waals surface area contributed by atoms with Gasteiger partial charge in [-0.2, -0.15) is 0 Å². The first-order chi connectivity index (χ1) is 9.98. The molecule has 0 atom stereocenters. The van der Waals surface area contributed by atoms with Crippen LogP contribution in [0.15, 0.2) is 24.3 Å². The Kier molecular flexibility index (Phi) is 7.11. The van der Waals surface area contributed by atoms with Crippen molar-refractivity contribution in [3.63, 3.8) is 0 Å². The summed E-state index contributed by atoms with van der Waals surface area (Å²) < 4.78 is 0. The molecule has 0 spiro atoms. The molecule has 0 aliphatic heterocycles. The van der Waals surface area contributed by atoms with Crippen LogP contribution in [-0.2, 0) is 23.6 Å². The van der Waals surface area contributed by atoms with Gasteiger partial charge in [-0.05, 0) is 51.4 Å². The zero-order valence-corrected chi connectivity index (χ0v) is 18.8. The van der Waals surface area contributed by atoms with Crippen molar-refractivity contribution in [3.8, 4) is 0 Å². The number of hydrogen-bond acceptors (Lipinski definition) is 2. The minimum atomic E-state index is -1.57. The van der Waals surface area contributed by atoms with Gasteiger partial charge >= 0.3 is 0 Å². The third kappa shape index (κ3) is 3.61. The van der Waals surface area contributed by atoms with E-state index < -0.39 is 12.1 Å². The fraction of sp³-hybridized carbons (Fsp3) is 0.667. The summed E-state index contributed by atoms with van der Waals surface area (Å²) in [4.78, 5) is 0. The van der Waals surface area contributed by atoms with E-state index in [1.54, 1.807) is 0 Å². The van der Waals surface area contributed by atoms with Gasteiger partial charge in [0.25, 0.3) is 0 Å². The van der Waals surface area contributed by atoms with Crippen molar-refractivity contribution in [1.29, 1.82) is 0 Å². The van der Waals surface area contributed by atoms with Crippen LogP contribution in [-0.4, -0.2) is 22.6 Å². The Morgan fingerprint density at radius 2 is 0.909 bits per heavy atom. The first kappa shape index (κ1) is 20.6. The molecule has 0 heterocycles. The molecule has 0 saturated carbocycles. The lowest BCUT2D eigenvalue weighted by Crippen LogP contribution is -2.25. The van der Waals surface area contributed by atoms with E-state index >= 15 is 0 Å². The number of hydrogen-bond donors (Lipinski definition) is 0. The highest BCUT2D eigenvalue weighted by molar-refractivity contribution is 8.19. The van der Waals surface area contributed by atoms with Gasteiger partial charge in [-0.15, -0.1) is 0 Å². The van der Waals surface area contributed by atoms with Gasteiger partial charge in [0.2, 0.25) is 0 Å². The molecular formula is C18H32P2S2. The minimum absolute atomic E-state index is 0.536. The van der Waals surface area contributed by atoms with Crippen LogP contribution < -0.4 is 10.6 Å². The first-order valence-electron chi connectivity index (χ1n) is 8.29. The van der Waals surface area contributed by atoms with Crippen LogP contribution >= 0.6 is 12.1 Å². The molecule has 0 N–H and O–H groups in total. The molecule has 0 aromatic heterocycles. The van der Waals surface area contributed by atoms with Gasteiger partial charge in [0.15, 0.2) is 0 Å². The van der Waals surface area contributed by atoms with E-state index in [1.807, 2.05) is 0 Å². The molecule has 1 aromatic carbocycles. The second-order valence-corrected chi connectivity index (χ2v) is 18.9. The topological polar surface area (TPSA) is 0 Å². The summed E-state index contributed by atoms with van der Waals surface area (Å²) in [5.74, 6) is 0. The van der Waals surface area contributed by atoms with Crippen molar-refractivity contribution >= 4 is 46.3 Å². The summed E-state index contributed by atoms with van der Waals surface area (Å²) in [6.07, 6.45) is 0. The Bertz CT molecular complexity index is 528. The third-order valence-corrected chi connectivity index (χ3v) is 19.3. The van der Waals surface area contributed by atoms with E-state index in [0.29, 0.717) is 22.6 Å². The molecule has 0 bridgehead atoms. The van der Waals surface area contributed by atoms with Crippen molar-refractivity contribution < 1.29 is 0 Å². The Morgan fingerprint density at radius 1 is 0.636 bits per heavy atom. The molecule has 126 valence electrons. The summed E-state index contributed by atoms with van der Waals surface area (Å²) in [6.45, 7) is 18.3. The number of benzene rings is 1. The van der Waals surface area contributed by atoms with Gasteiger partial charge in [0.05, 0.1) is 0 Å². The van der Waals surface area contributed by atoms with Crippen LogP contribution in [0.4, 0.5) is 0 Å². The lowest BCUT2D eigenvalue weighted by Gasteiger charge is -2.34. The molecular weight excluding hydrogens is 342 g/mol. The Balaban J connectivity index is 3.55. The normalized spacial score (nSPS) is 13.6. The van der Waals surface area contributed by atoms with Gasteiger partial charge in [-0.3, -0.25) is 0 Å². The molecule has 4 heteroatoms. The lowest BCUT2D eigenvalue weighted by atomic mass is 10.4. The van der Waals surface area contributed by atoms with Gasteiger partial charge in [-0.1, -0.05) is 97.2 Å². The maximum absolute atomic E-state index is 6.22. The standard InChI is InChI=1S/C18H32P2S2/c1-13(2)19(21,14(3)4)17-10-9-11-18(12-17)20(22,15(5)6)16(7)8/h9-16H,1-8H3. The molecule has 0 radical (unpaired) electrons. The molecule has 0 aliphatic rings. The van der Waals surface area contributed by atoms with Gasteiger partial charge < -0.3 is 0 Å². The largest absolute Gasteiger partial charge is 0.0920 e. The zero-order valence-electron chi connectivity index (χ0n) is 15.3. The second kappa shape index (κ2) is 7.60. The van der Waals surface area contributed by atoms with Crippen LogP contribution in [0.1, 0.15) is 55.4 Å². The zero-order chi connectivity index (χ0) is 17.3. The molecule has 1 aromatic rings. The second-order valence-electron chi connectivity index (χ2n) is 7.31. The van der Waals surface area contributed by atoms with E-state index in [2.05, 4.69) is 79.7 Å². The van der Waals surface area contributed by atoms with E-state index in [1.165, 1.54) is 10.6 Å². The molecule has 0 aliphatic carbocycles. The van der Waals surface area contributed by atoms with Crippen LogP contribution in [0.3, 0.4) is 0 Å². The average molecular weight is 375 g/mol. The molecule has 0 fully saturated rings. The molecule has 0 saturated heterocycles. The summed E-state index contributed by atoms with van der Waals surface area (Å²) in [5.41, 5.74) is 2.14. The maximum atomic E-state index is 6.22. The van der Waals surface area contributed by atoms with Crippen molar-refractivity contribution in [3.05, 3.63) is 24.3 Å². The maximum Gasteiger partial charge on any atom is -0.0118 e. The highest BCUT2D eigenvalue weighted by Crippen LogP contribution is 2.57. The van der Waals surface area contributed by atoms with Crippen molar-refractivity contribution in [1.82, 2.24) is 0 Å².